The topological polar surface area (TPSA) is 78.1 Å². The number of anilines is 1. The molecule has 30 heavy (non-hydrogen) atoms. The van der Waals surface area contributed by atoms with E-state index in [1.165, 1.54) is 4.90 Å². The predicted octanol–water partition coefficient (Wildman–Crippen LogP) is 4.07. The molecule has 1 saturated heterocycles. The van der Waals surface area contributed by atoms with E-state index in [2.05, 4.69) is 27.3 Å². The average molecular weight is 479 g/mol. The monoisotopic (exact) mass is 478 g/mol. The van der Waals surface area contributed by atoms with Gasteiger partial charge in [0.05, 0.1) is 11.8 Å². The van der Waals surface area contributed by atoms with E-state index in [0.29, 0.717) is 11.3 Å². The molecule has 3 aromatic rings. The number of nitriles is 1. The van der Waals surface area contributed by atoms with Crippen LogP contribution in [0.5, 0.6) is 0 Å². The van der Waals surface area contributed by atoms with Crippen molar-refractivity contribution in [3.63, 3.8) is 0 Å². The quantitative estimate of drug-likeness (QED) is 0.349. The third kappa shape index (κ3) is 3.43. The van der Waals surface area contributed by atoms with Gasteiger partial charge in [0, 0.05) is 27.1 Å². The van der Waals surface area contributed by atoms with Crippen molar-refractivity contribution in [2.75, 3.05) is 4.90 Å². The Kier molecular flexibility index (Phi) is 5.24. The molecule has 0 spiro atoms. The molecule has 0 unspecified atom stereocenters. The number of carbonyl (C=O) groups is 2. The number of aryl methyl sites for hydroxylation is 1. The predicted molar refractivity (Wildman–Crippen MR) is 123 cm³/mol. The van der Waals surface area contributed by atoms with Gasteiger partial charge in [0.25, 0.3) is 11.8 Å². The summed E-state index contributed by atoms with van der Waals surface area (Å²) >= 11 is 8.69. The Morgan fingerprint density at radius 3 is 2.73 bits per heavy atom. The van der Waals surface area contributed by atoms with Crippen molar-refractivity contribution in [2.45, 2.75) is 13.5 Å². The van der Waals surface area contributed by atoms with Crippen LogP contribution < -0.4 is 10.2 Å². The number of benzene rings is 2. The number of carbonyl (C=O) groups excluding carboxylic acids is 2. The maximum Gasteiger partial charge on any atom is 0.270 e. The van der Waals surface area contributed by atoms with E-state index < -0.39 is 11.8 Å². The zero-order valence-corrected chi connectivity index (χ0v) is 18.3. The van der Waals surface area contributed by atoms with Crippen molar-refractivity contribution in [3.8, 4) is 6.07 Å². The number of nitrogens with zero attached hydrogens (tertiary/aromatic N) is 3. The fraction of sp³-hybridized carbons (Fsp3) is 0.0909. The second-order valence-corrected chi connectivity index (χ2v) is 8.08. The fourth-order valence-corrected chi connectivity index (χ4v) is 4.25. The molecule has 0 saturated carbocycles. The molecule has 2 aromatic carbocycles. The van der Waals surface area contributed by atoms with Crippen molar-refractivity contribution in [1.29, 1.82) is 5.26 Å². The number of amides is 2. The summed E-state index contributed by atoms with van der Waals surface area (Å²) in [7, 11) is 0. The van der Waals surface area contributed by atoms with Gasteiger partial charge < -0.3 is 4.57 Å². The van der Waals surface area contributed by atoms with Crippen molar-refractivity contribution in [1.82, 2.24) is 9.88 Å². The minimum Gasteiger partial charge on any atom is -0.333 e. The Bertz CT molecular complexity index is 1300. The summed E-state index contributed by atoms with van der Waals surface area (Å²) in [5.74, 6) is -1.04. The van der Waals surface area contributed by atoms with Gasteiger partial charge in [0.1, 0.15) is 12.1 Å². The second kappa shape index (κ2) is 7.86. The molecular weight excluding hydrogens is 464 g/mol. The lowest BCUT2D eigenvalue weighted by Crippen LogP contribution is -2.54. The molecule has 0 aliphatic carbocycles. The lowest BCUT2D eigenvalue weighted by Gasteiger charge is -2.30. The molecule has 0 radical (unpaired) electrons. The first-order valence-electron chi connectivity index (χ1n) is 9.03. The van der Waals surface area contributed by atoms with E-state index in [4.69, 9.17) is 17.5 Å². The maximum atomic E-state index is 13.3. The van der Waals surface area contributed by atoms with Gasteiger partial charge in [-0.3, -0.25) is 19.8 Å². The van der Waals surface area contributed by atoms with Gasteiger partial charge in [0.15, 0.2) is 5.11 Å². The first-order chi connectivity index (χ1) is 14.4. The number of hydrogen-bond acceptors (Lipinski definition) is 4. The number of hydrogen-bond donors (Lipinski definition) is 1. The lowest BCUT2D eigenvalue weighted by molar-refractivity contribution is -0.122. The largest absolute Gasteiger partial charge is 0.333 e. The molecule has 0 atom stereocenters. The Hall–Kier alpha value is -3.28. The van der Waals surface area contributed by atoms with E-state index in [0.717, 1.165) is 20.9 Å². The van der Waals surface area contributed by atoms with Crippen LogP contribution in [0.3, 0.4) is 0 Å². The highest BCUT2D eigenvalue weighted by Crippen LogP contribution is 2.29. The molecule has 0 bridgehead atoms. The highest BCUT2D eigenvalue weighted by molar-refractivity contribution is 9.10. The summed E-state index contributed by atoms with van der Waals surface area (Å²) in [6.07, 6.45) is 3.32. The standard InChI is InChI=1S/C22H15BrN4O2S/c1-13-10-15(23)6-7-18(13)27-21(29)17(20(28)25-22(27)30)11-14-12-26(9-8-24)19-5-3-2-4-16(14)19/h2-7,10-12H,9H2,1H3,(H,25,28,30). The number of nitrogens with one attached hydrogen (secondary N) is 1. The summed E-state index contributed by atoms with van der Waals surface area (Å²) in [5, 5.41) is 12.6. The third-order valence-corrected chi connectivity index (χ3v) is 5.64. The SMILES string of the molecule is Cc1cc(Br)ccc1N1C(=O)C(=Cc2cn(CC#N)c3ccccc23)C(=O)NC1=S. The normalized spacial score (nSPS) is 15.6. The Labute approximate surface area is 186 Å². The summed E-state index contributed by atoms with van der Waals surface area (Å²) in [5.41, 5.74) is 2.95. The number of para-hydroxylation sites is 1. The Morgan fingerprint density at radius 2 is 2.00 bits per heavy atom. The van der Waals surface area contributed by atoms with E-state index in [-0.39, 0.29) is 17.2 Å². The van der Waals surface area contributed by atoms with Gasteiger partial charge in [0.2, 0.25) is 0 Å². The molecular formula is C22H15BrN4O2S. The highest BCUT2D eigenvalue weighted by atomic mass is 79.9. The van der Waals surface area contributed by atoms with E-state index in [1.54, 1.807) is 22.9 Å². The summed E-state index contributed by atoms with van der Waals surface area (Å²) < 4.78 is 2.66. The minimum atomic E-state index is -0.548. The van der Waals surface area contributed by atoms with Gasteiger partial charge in [-0.2, -0.15) is 5.26 Å². The molecule has 1 fully saturated rings. The van der Waals surface area contributed by atoms with Crippen LogP contribution in [0.4, 0.5) is 5.69 Å². The van der Waals surface area contributed by atoms with Crippen LogP contribution in [0, 0.1) is 18.3 Å². The average Bonchev–Trinajstić information content (AvgIpc) is 3.05. The molecule has 8 heteroatoms. The first kappa shape index (κ1) is 20.0. The zero-order chi connectivity index (χ0) is 21.4. The summed E-state index contributed by atoms with van der Waals surface area (Å²) in [4.78, 5) is 27.3. The van der Waals surface area contributed by atoms with Gasteiger partial charge in [-0.25, -0.2) is 0 Å². The molecule has 1 aromatic heterocycles. The van der Waals surface area contributed by atoms with Crippen LogP contribution >= 0.6 is 28.1 Å². The van der Waals surface area contributed by atoms with Crippen LogP contribution in [0.25, 0.3) is 17.0 Å². The van der Waals surface area contributed by atoms with Gasteiger partial charge in [-0.15, -0.1) is 0 Å². The van der Waals surface area contributed by atoms with Crippen molar-refractivity contribution in [2.24, 2.45) is 0 Å². The lowest BCUT2D eigenvalue weighted by atomic mass is 10.1. The fourth-order valence-electron chi connectivity index (χ4n) is 3.50. The van der Waals surface area contributed by atoms with E-state index >= 15 is 0 Å². The smallest absolute Gasteiger partial charge is 0.270 e. The Morgan fingerprint density at radius 1 is 1.23 bits per heavy atom. The molecule has 2 amide bonds. The molecule has 2 heterocycles. The van der Waals surface area contributed by atoms with Crippen LogP contribution in [-0.2, 0) is 16.1 Å². The maximum absolute atomic E-state index is 13.3. The number of aromatic nitrogens is 1. The number of rotatable bonds is 3. The van der Waals surface area contributed by atoms with Gasteiger partial charge in [-0.05, 0) is 55.0 Å². The van der Waals surface area contributed by atoms with Crippen molar-refractivity contribution >= 4 is 67.7 Å². The van der Waals surface area contributed by atoms with E-state index in [9.17, 15) is 9.59 Å². The van der Waals surface area contributed by atoms with Crippen molar-refractivity contribution in [3.05, 3.63) is 69.8 Å². The molecule has 1 N–H and O–H groups in total. The van der Waals surface area contributed by atoms with Crippen molar-refractivity contribution < 1.29 is 9.59 Å². The minimum absolute atomic E-state index is 0.0224. The molecule has 148 valence electrons. The van der Waals surface area contributed by atoms with E-state index in [1.807, 2.05) is 43.3 Å². The third-order valence-electron chi connectivity index (χ3n) is 4.86. The Balaban J connectivity index is 1.83. The molecule has 6 nitrogen and oxygen atoms in total. The molecule has 1 aliphatic rings. The molecule has 4 rings (SSSR count). The number of thiocarbonyl (C=S) groups is 1. The highest BCUT2D eigenvalue weighted by Gasteiger charge is 2.35. The number of fused-ring (bicyclic) bond motifs is 1. The first-order valence-corrected chi connectivity index (χ1v) is 10.2. The zero-order valence-electron chi connectivity index (χ0n) is 15.8. The van der Waals surface area contributed by atoms with Crippen LogP contribution in [0.1, 0.15) is 11.1 Å². The second-order valence-electron chi connectivity index (χ2n) is 6.78. The van der Waals surface area contributed by atoms with Gasteiger partial charge >= 0.3 is 0 Å². The summed E-state index contributed by atoms with van der Waals surface area (Å²) in [6.45, 7) is 2.03. The van der Waals surface area contributed by atoms with Crippen LogP contribution in [-0.4, -0.2) is 21.5 Å². The van der Waals surface area contributed by atoms with Crippen LogP contribution in [0.15, 0.2) is 58.7 Å². The van der Waals surface area contributed by atoms with Crippen LogP contribution in [0.2, 0.25) is 0 Å². The summed E-state index contributed by atoms with van der Waals surface area (Å²) in [6, 6.07) is 15.1. The molecule has 1 aliphatic heterocycles. The van der Waals surface area contributed by atoms with Gasteiger partial charge in [-0.1, -0.05) is 34.1 Å². The number of halogens is 1.